The van der Waals surface area contributed by atoms with Crippen molar-refractivity contribution in [1.82, 2.24) is 9.80 Å². The van der Waals surface area contributed by atoms with Crippen LogP contribution in [0.25, 0.3) is 0 Å². The number of amides is 1. The summed E-state index contributed by atoms with van der Waals surface area (Å²) < 4.78 is 0. The first-order chi connectivity index (χ1) is 12.1. The quantitative estimate of drug-likeness (QED) is 0.806. The van der Waals surface area contributed by atoms with E-state index in [-0.39, 0.29) is 18.6 Å². The third-order valence-corrected chi connectivity index (χ3v) is 4.79. The SMILES string of the molecule is Cc1ccc(N(CCC#N)C(=O)C(C)N2CCN(CCO)CC2)cc1. The molecule has 0 bridgehead atoms. The average molecular weight is 344 g/mol. The zero-order valence-electron chi connectivity index (χ0n) is 15.2. The average Bonchev–Trinajstić information content (AvgIpc) is 2.63. The molecular weight excluding hydrogens is 316 g/mol. The number of hydrogen-bond donors (Lipinski definition) is 1. The maximum Gasteiger partial charge on any atom is 0.244 e. The van der Waals surface area contributed by atoms with Crippen LogP contribution >= 0.6 is 0 Å². The predicted molar refractivity (Wildman–Crippen MR) is 98.3 cm³/mol. The van der Waals surface area contributed by atoms with Gasteiger partial charge in [-0.15, -0.1) is 0 Å². The van der Waals surface area contributed by atoms with Crippen LogP contribution in [0.15, 0.2) is 24.3 Å². The fourth-order valence-corrected chi connectivity index (χ4v) is 3.15. The number of aliphatic hydroxyl groups is 1. The maximum atomic E-state index is 13.1. The molecule has 6 nitrogen and oxygen atoms in total. The van der Waals surface area contributed by atoms with Crippen LogP contribution in [0.2, 0.25) is 0 Å². The summed E-state index contributed by atoms with van der Waals surface area (Å²) in [6.07, 6.45) is 0.316. The highest BCUT2D eigenvalue weighted by Crippen LogP contribution is 2.19. The van der Waals surface area contributed by atoms with Gasteiger partial charge in [0.2, 0.25) is 5.91 Å². The minimum atomic E-state index is -0.226. The summed E-state index contributed by atoms with van der Waals surface area (Å²) in [7, 11) is 0. The fourth-order valence-electron chi connectivity index (χ4n) is 3.15. The zero-order valence-corrected chi connectivity index (χ0v) is 15.2. The summed E-state index contributed by atoms with van der Waals surface area (Å²) >= 11 is 0. The summed E-state index contributed by atoms with van der Waals surface area (Å²) in [6.45, 7) is 8.57. The molecule has 1 aromatic carbocycles. The number of carbonyl (C=O) groups excluding carboxylic acids is 1. The number of hydrogen-bond acceptors (Lipinski definition) is 5. The molecule has 2 rings (SSSR count). The van der Waals surface area contributed by atoms with E-state index in [9.17, 15) is 4.79 Å². The van der Waals surface area contributed by atoms with E-state index in [2.05, 4.69) is 15.9 Å². The van der Waals surface area contributed by atoms with Gasteiger partial charge < -0.3 is 10.0 Å². The van der Waals surface area contributed by atoms with Crippen molar-refractivity contribution < 1.29 is 9.90 Å². The standard InChI is InChI=1S/C19H28N4O2/c1-16-4-6-18(7-5-16)23(9-3-8-20)19(25)17(2)22-12-10-21(11-13-22)14-15-24/h4-7,17,24H,3,9-15H2,1-2H3. The highest BCUT2D eigenvalue weighted by atomic mass is 16.3. The minimum absolute atomic E-state index is 0.0368. The molecule has 6 heteroatoms. The molecule has 136 valence electrons. The summed E-state index contributed by atoms with van der Waals surface area (Å²) in [5, 5.41) is 18.0. The Kier molecular flexibility index (Phi) is 7.38. The number of aryl methyl sites for hydroxylation is 1. The Morgan fingerprint density at radius 1 is 1.28 bits per heavy atom. The molecule has 1 atom stereocenters. The largest absolute Gasteiger partial charge is 0.395 e. The Hall–Kier alpha value is -1.94. The van der Waals surface area contributed by atoms with Crippen LogP contribution in [0.3, 0.4) is 0 Å². The van der Waals surface area contributed by atoms with Crippen molar-refractivity contribution in [3.8, 4) is 6.07 Å². The van der Waals surface area contributed by atoms with Gasteiger partial charge in [0.1, 0.15) is 0 Å². The van der Waals surface area contributed by atoms with E-state index in [4.69, 9.17) is 10.4 Å². The fraction of sp³-hybridized carbons (Fsp3) is 0.579. The second kappa shape index (κ2) is 9.52. The second-order valence-electron chi connectivity index (χ2n) is 6.51. The second-order valence-corrected chi connectivity index (χ2v) is 6.51. The number of piperazine rings is 1. The maximum absolute atomic E-state index is 13.1. The lowest BCUT2D eigenvalue weighted by Crippen LogP contribution is -2.55. The smallest absolute Gasteiger partial charge is 0.244 e. The van der Waals surface area contributed by atoms with Gasteiger partial charge in [-0.25, -0.2) is 0 Å². The van der Waals surface area contributed by atoms with E-state index >= 15 is 0 Å². The molecule has 1 aliphatic heterocycles. The van der Waals surface area contributed by atoms with Crippen molar-refractivity contribution in [2.24, 2.45) is 0 Å². The van der Waals surface area contributed by atoms with Crippen LogP contribution in [-0.4, -0.2) is 72.7 Å². The molecule has 25 heavy (non-hydrogen) atoms. The first-order valence-electron chi connectivity index (χ1n) is 8.89. The number of aliphatic hydroxyl groups excluding tert-OH is 1. The van der Waals surface area contributed by atoms with Gasteiger partial charge in [-0.1, -0.05) is 17.7 Å². The van der Waals surface area contributed by atoms with Crippen LogP contribution < -0.4 is 4.90 Å². The van der Waals surface area contributed by atoms with Crippen molar-refractivity contribution in [3.05, 3.63) is 29.8 Å². The zero-order chi connectivity index (χ0) is 18.2. The van der Waals surface area contributed by atoms with Crippen molar-refractivity contribution in [2.45, 2.75) is 26.3 Å². The van der Waals surface area contributed by atoms with Gasteiger partial charge >= 0.3 is 0 Å². The van der Waals surface area contributed by atoms with Crippen LogP contribution in [-0.2, 0) is 4.79 Å². The molecule has 1 fully saturated rings. The minimum Gasteiger partial charge on any atom is -0.395 e. The number of carbonyl (C=O) groups is 1. The number of benzene rings is 1. The first-order valence-corrected chi connectivity index (χ1v) is 8.89. The molecule has 1 amide bonds. The number of nitrogens with zero attached hydrogens (tertiary/aromatic N) is 4. The number of β-amino-alcohol motifs (C(OH)–C–C–N with tert-alkyl or cyclic N) is 1. The molecule has 0 saturated carbocycles. The summed E-state index contributed by atoms with van der Waals surface area (Å²) in [5.74, 6) is 0.0368. The highest BCUT2D eigenvalue weighted by molar-refractivity contribution is 5.97. The molecular formula is C19H28N4O2. The molecule has 1 aromatic rings. The monoisotopic (exact) mass is 344 g/mol. The lowest BCUT2D eigenvalue weighted by molar-refractivity contribution is -0.124. The molecule has 1 unspecified atom stereocenters. The van der Waals surface area contributed by atoms with E-state index in [0.29, 0.717) is 19.5 Å². The van der Waals surface area contributed by atoms with Gasteiger partial charge in [0.05, 0.1) is 25.1 Å². The first kappa shape index (κ1) is 19.4. The lowest BCUT2D eigenvalue weighted by Gasteiger charge is -2.38. The summed E-state index contributed by atoms with van der Waals surface area (Å²) in [5.41, 5.74) is 1.99. The van der Waals surface area contributed by atoms with Gasteiger partial charge in [0.15, 0.2) is 0 Å². The van der Waals surface area contributed by atoms with Gasteiger partial charge in [-0.3, -0.25) is 14.6 Å². The van der Waals surface area contributed by atoms with E-state index in [0.717, 1.165) is 37.4 Å². The third-order valence-electron chi connectivity index (χ3n) is 4.79. The molecule has 1 heterocycles. The van der Waals surface area contributed by atoms with E-state index in [1.54, 1.807) is 4.90 Å². The summed E-state index contributed by atoms with van der Waals surface area (Å²) in [6, 6.07) is 9.76. The number of anilines is 1. The van der Waals surface area contributed by atoms with Crippen LogP contribution in [0, 0.1) is 18.3 Å². The Morgan fingerprint density at radius 2 is 1.92 bits per heavy atom. The summed E-state index contributed by atoms with van der Waals surface area (Å²) in [4.78, 5) is 19.2. The van der Waals surface area contributed by atoms with E-state index in [1.807, 2.05) is 38.1 Å². The Bertz CT molecular complexity index is 588. The normalized spacial score (nSPS) is 17.0. The van der Waals surface area contributed by atoms with Crippen molar-refractivity contribution in [2.75, 3.05) is 50.8 Å². The molecule has 1 N–H and O–H groups in total. The molecule has 0 aromatic heterocycles. The van der Waals surface area contributed by atoms with Gasteiger partial charge in [0.25, 0.3) is 0 Å². The van der Waals surface area contributed by atoms with Gasteiger partial charge in [0, 0.05) is 45.0 Å². The molecule has 1 aliphatic rings. The van der Waals surface area contributed by atoms with E-state index in [1.165, 1.54) is 0 Å². The Morgan fingerprint density at radius 3 is 2.48 bits per heavy atom. The predicted octanol–water partition coefficient (Wildman–Crippen LogP) is 1.24. The van der Waals surface area contributed by atoms with Gasteiger partial charge in [-0.05, 0) is 26.0 Å². The lowest BCUT2D eigenvalue weighted by atomic mass is 10.1. The van der Waals surface area contributed by atoms with Crippen LogP contribution in [0.5, 0.6) is 0 Å². The number of nitriles is 1. The third kappa shape index (κ3) is 5.27. The highest BCUT2D eigenvalue weighted by Gasteiger charge is 2.29. The van der Waals surface area contributed by atoms with Crippen molar-refractivity contribution in [1.29, 1.82) is 5.26 Å². The molecule has 0 aliphatic carbocycles. The van der Waals surface area contributed by atoms with Crippen molar-refractivity contribution in [3.63, 3.8) is 0 Å². The Balaban J connectivity index is 2.05. The van der Waals surface area contributed by atoms with Crippen molar-refractivity contribution >= 4 is 11.6 Å². The number of rotatable bonds is 7. The molecule has 1 saturated heterocycles. The van der Waals surface area contributed by atoms with Gasteiger partial charge in [-0.2, -0.15) is 5.26 Å². The topological polar surface area (TPSA) is 70.8 Å². The molecule has 0 spiro atoms. The Labute approximate surface area is 150 Å². The van der Waals surface area contributed by atoms with E-state index < -0.39 is 0 Å². The van der Waals surface area contributed by atoms with Crippen LogP contribution in [0.1, 0.15) is 18.9 Å². The van der Waals surface area contributed by atoms with Crippen LogP contribution in [0.4, 0.5) is 5.69 Å². The molecule has 0 radical (unpaired) electrons.